The summed E-state index contributed by atoms with van der Waals surface area (Å²) in [6.45, 7) is 4.00. The molecule has 0 fully saturated rings. The van der Waals surface area contributed by atoms with Crippen molar-refractivity contribution < 1.29 is 9.18 Å². The fourth-order valence-corrected chi connectivity index (χ4v) is 1.22. The number of rotatable bonds is 3. The van der Waals surface area contributed by atoms with E-state index in [-0.39, 0.29) is 17.9 Å². The number of carbonyl (C=O) groups excluding carboxylic acids is 1. The van der Waals surface area contributed by atoms with Crippen LogP contribution in [-0.2, 0) is 0 Å². The fourth-order valence-electron chi connectivity index (χ4n) is 1.22. The standard InChI is InChI=1S/C12H17FN2O/c1-4-9(2)15(3)12(16)14-11-7-5-10(13)6-8-11/h5-9H,4H2,1-3H3,(H,14,16). The van der Waals surface area contributed by atoms with Gasteiger partial charge in [-0.05, 0) is 37.6 Å². The van der Waals surface area contributed by atoms with Crippen LogP contribution < -0.4 is 5.32 Å². The number of nitrogens with one attached hydrogen (secondary N) is 1. The average molecular weight is 224 g/mol. The lowest BCUT2D eigenvalue weighted by atomic mass is 10.2. The van der Waals surface area contributed by atoms with Crippen molar-refractivity contribution in [2.75, 3.05) is 12.4 Å². The van der Waals surface area contributed by atoms with Gasteiger partial charge in [-0.15, -0.1) is 0 Å². The summed E-state index contributed by atoms with van der Waals surface area (Å²) >= 11 is 0. The van der Waals surface area contributed by atoms with Crippen molar-refractivity contribution in [2.24, 2.45) is 0 Å². The van der Waals surface area contributed by atoms with E-state index in [1.807, 2.05) is 13.8 Å². The Hall–Kier alpha value is -1.58. The van der Waals surface area contributed by atoms with Crippen molar-refractivity contribution in [2.45, 2.75) is 26.3 Å². The fraction of sp³-hybridized carbons (Fsp3) is 0.417. The number of carbonyl (C=O) groups is 1. The minimum atomic E-state index is -0.312. The Morgan fingerprint density at radius 1 is 1.44 bits per heavy atom. The Labute approximate surface area is 95.3 Å². The molecule has 1 aromatic rings. The summed E-state index contributed by atoms with van der Waals surface area (Å²) in [5, 5.41) is 2.70. The van der Waals surface area contributed by atoms with Crippen molar-refractivity contribution in [3.05, 3.63) is 30.1 Å². The molecular weight excluding hydrogens is 207 g/mol. The highest BCUT2D eigenvalue weighted by Gasteiger charge is 2.13. The molecule has 0 saturated heterocycles. The van der Waals surface area contributed by atoms with Crippen LogP contribution in [0.1, 0.15) is 20.3 Å². The van der Waals surface area contributed by atoms with E-state index in [4.69, 9.17) is 0 Å². The summed E-state index contributed by atoms with van der Waals surface area (Å²) in [7, 11) is 1.74. The number of anilines is 1. The minimum absolute atomic E-state index is 0.180. The summed E-state index contributed by atoms with van der Waals surface area (Å²) < 4.78 is 12.6. The molecule has 1 N–H and O–H groups in total. The number of hydrogen-bond acceptors (Lipinski definition) is 1. The molecule has 0 aliphatic heterocycles. The van der Waals surface area contributed by atoms with Gasteiger partial charge in [0.05, 0.1) is 0 Å². The molecule has 88 valence electrons. The second-order valence-electron chi connectivity index (χ2n) is 3.81. The van der Waals surface area contributed by atoms with Gasteiger partial charge in [0.25, 0.3) is 0 Å². The summed E-state index contributed by atoms with van der Waals surface area (Å²) in [6, 6.07) is 5.72. The van der Waals surface area contributed by atoms with Gasteiger partial charge in [-0.1, -0.05) is 6.92 Å². The molecule has 2 amide bonds. The van der Waals surface area contributed by atoms with Gasteiger partial charge in [0, 0.05) is 18.8 Å². The molecule has 1 aromatic carbocycles. The zero-order valence-electron chi connectivity index (χ0n) is 9.83. The summed E-state index contributed by atoms with van der Waals surface area (Å²) in [5.41, 5.74) is 0.599. The van der Waals surface area contributed by atoms with E-state index >= 15 is 0 Å². The highest BCUT2D eigenvalue weighted by molar-refractivity contribution is 5.89. The van der Waals surface area contributed by atoms with Crippen LogP contribution in [0.4, 0.5) is 14.9 Å². The third-order valence-corrected chi connectivity index (χ3v) is 2.67. The average Bonchev–Trinajstić information content (AvgIpc) is 2.30. The SMILES string of the molecule is CCC(C)N(C)C(=O)Nc1ccc(F)cc1. The number of halogens is 1. The minimum Gasteiger partial charge on any atom is -0.325 e. The van der Waals surface area contributed by atoms with E-state index in [1.165, 1.54) is 24.3 Å². The van der Waals surface area contributed by atoms with Gasteiger partial charge in [0.1, 0.15) is 5.82 Å². The number of urea groups is 1. The maximum absolute atomic E-state index is 12.6. The summed E-state index contributed by atoms with van der Waals surface area (Å²) in [6.07, 6.45) is 0.896. The smallest absolute Gasteiger partial charge is 0.321 e. The molecule has 0 aliphatic rings. The Bertz CT molecular complexity index is 351. The molecule has 1 atom stereocenters. The molecule has 0 aliphatic carbocycles. The normalized spacial score (nSPS) is 12.0. The van der Waals surface area contributed by atoms with Crippen LogP contribution in [0, 0.1) is 5.82 Å². The van der Waals surface area contributed by atoms with E-state index < -0.39 is 0 Å². The zero-order valence-corrected chi connectivity index (χ0v) is 9.83. The van der Waals surface area contributed by atoms with Gasteiger partial charge >= 0.3 is 6.03 Å². The Morgan fingerprint density at radius 3 is 2.50 bits per heavy atom. The van der Waals surface area contributed by atoms with E-state index in [0.717, 1.165) is 6.42 Å². The third-order valence-electron chi connectivity index (χ3n) is 2.67. The van der Waals surface area contributed by atoms with Crippen LogP contribution in [0.25, 0.3) is 0 Å². The van der Waals surface area contributed by atoms with E-state index in [0.29, 0.717) is 5.69 Å². The van der Waals surface area contributed by atoms with Crippen LogP contribution in [-0.4, -0.2) is 24.0 Å². The van der Waals surface area contributed by atoms with Crippen molar-refractivity contribution in [1.29, 1.82) is 0 Å². The van der Waals surface area contributed by atoms with Crippen LogP contribution in [0.2, 0.25) is 0 Å². The molecule has 1 rings (SSSR count). The van der Waals surface area contributed by atoms with E-state index in [2.05, 4.69) is 5.32 Å². The lowest BCUT2D eigenvalue weighted by Crippen LogP contribution is -2.37. The maximum Gasteiger partial charge on any atom is 0.321 e. The molecule has 1 unspecified atom stereocenters. The molecule has 3 nitrogen and oxygen atoms in total. The molecule has 0 radical (unpaired) electrons. The third kappa shape index (κ3) is 3.22. The molecule has 4 heteroatoms. The topological polar surface area (TPSA) is 32.3 Å². The first-order valence-corrected chi connectivity index (χ1v) is 5.34. The predicted molar refractivity (Wildman–Crippen MR) is 62.9 cm³/mol. The molecule has 16 heavy (non-hydrogen) atoms. The molecule has 0 heterocycles. The summed E-state index contributed by atoms with van der Waals surface area (Å²) in [5.74, 6) is -0.312. The Kier molecular flexibility index (Phi) is 4.28. The molecule has 0 spiro atoms. The highest BCUT2D eigenvalue weighted by atomic mass is 19.1. The first kappa shape index (κ1) is 12.5. The quantitative estimate of drug-likeness (QED) is 0.840. The van der Waals surface area contributed by atoms with Gasteiger partial charge in [0.2, 0.25) is 0 Å². The van der Waals surface area contributed by atoms with Crippen molar-refractivity contribution in [3.8, 4) is 0 Å². The Balaban J connectivity index is 2.60. The zero-order chi connectivity index (χ0) is 12.1. The number of hydrogen-bond donors (Lipinski definition) is 1. The van der Waals surface area contributed by atoms with Crippen molar-refractivity contribution in [1.82, 2.24) is 4.90 Å². The molecule has 0 saturated carbocycles. The van der Waals surface area contributed by atoms with E-state index in [9.17, 15) is 9.18 Å². The van der Waals surface area contributed by atoms with Gasteiger partial charge in [0.15, 0.2) is 0 Å². The van der Waals surface area contributed by atoms with Gasteiger partial charge in [-0.2, -0.15) is 0 Å². The number of amides is 2. The van der Waals surface area contributed by atoms with Crippen LogP contribution in [0.5, 0.6) is 0 Å². The van der Waals surface area contributed by atoms with Crippen molar-refractivity contribution in [3.63, 3.8) is 0 Å². The highest BCUT2D eigenvalue weighted by Crippen LogP contribution is 2.10. The largest absolute Gasteiger partial charge is 0.325 e. The van der Waals surface area contributed by atoms with Gasteiger partial charge in [-0.25, -0.2) is 9.18 Å². The van der Waals surface area contributed by atoms with Crippen LogP contribution in [0.15, 0.2) is 24.3 Å². The lowest BCUT2D eigenvalue weighted by molar-refractivity contribution is 0.206. The Morgan fingerprint density at radius 2 is 2.00 bits per heavy atom. The number of nitrogens with zero attached hydrogens (tertiary/aromatic N) is 1. The molecule has 0 aromatic heterocycles. The van der Waals surface area contributed by atoms with E-state index in [1.54, 1.807) is 11.9 Å². The van der Waals surface area contributed by atoms with Crippen LogP contribution in [0.3, 0.4) is 0 Å². The maximum atomic E-state index is 12.6. The summed E-state index contributed by atoms with van der Waals surface area (Å²) in [4.78, 5) is 13.3. The van der Waals surface area contributed by atoms with Crippen molar-refractivity contribution >= 4 is 11.7 Å². The monoisotopic (exact) mass is 224 g/mol. The first-order chi connectivity index (χ1) is 7.54. The molecular formula is C12H17FN2O. The lowest BCUT2D eigenvalue weighted by Gasteiger charge is -2.24. The number of benzene rings is 1. The van der Waals surface area contributed by atoms with Crippen LogP contribution >= 0.6 is 0 Å². The second kappa shape index (κ2) is 5.49. The first-order valence-electron chi connectivity index (χ1n) is 5.34. The second-order valence-corrected chi connectivity index (χ2v) is 3.81. The molecule has 0 bridgehead atoms. The predicted octanol–water partition coefficient (Wildman–Crippen LogP) is 3.09. The van der Waals surface area contributed by atoms with Gasteiger partial charge < -0.3 is 10.2 Å². The van der Waals surface area contributed by atoms with Gasteiger partial charge in [-0.3, -0.25) is 0 Å².